The number of nitrogens with zero attached hydrogens (tertiary/aromatic N) is 2. The summed E-state index contributed by atoms with van der Waals surface area (Å²) >= 11 is 0. The quantitative estimate of drug-likeness (QED) is 0.727. The molecule has 4 atom stereocenters. The van der Waals surface area contributed by atoms with Crippen molar-refractivity contribution in [3.05, 3.63) is 0 Å². The number of fused-ring (bicyclic) bond motifs is 2. The van der Waals surface area contributed by atoms with Gasteiger partial charge in [0.05, 0.1) is 17.5 Å². The van der Waals surface area contributed by atoms with Crippen molar-refractivity contribution in [2.24, 2.45) is 17.3 Å². The molecule has 0 radical (unpaired) electrons. The molecule has 0 aromatic rings. The lowest BCUT2D eigenvalue weighted by Gasteiger charge is -2.42. The largest absolute Gasteiger partial charge is 0.381 e. The smallest absolute Gasteiger partial charge is 0.229 e. The molecule has 6 heteroatoms. The van der Waals surface area contributed by atoms with Crippen molar-refractivity contribution in [1.82, 2.24) is 15.1 Å². The van der Waals surface area contributed by atoms with Crippen LogP contribution in [-0.2, 0) is 14.3 Å². The first kappa shape index (κ1) is 21.7. The van der Waals surface area contributed by atoms with Crippen LogP contribution in [0.4, 0.5) is 0 Å². The second kappa shape index (κ2) is 8.66. The fourth-order valence-electron chi connectivity index (χ4n) is 7.26. The topological polar surface area (TPSA) is 61.9 Å². The van der Waals surface area contributed by atoms with Crippen molar-refractivity contribution in [3.8, 4) is 0 Å². The predicted molar refractivity (Wildman–Crippen MR) is 119 cm³/mol. The summed E-state index contributed by atoms with van der Waals surface area (Å²) in [5.74, 6) is 1.34. The Morgan fingerprint density at radius 1 is 0.935 bits per heavy atom. The van der Waals surface area contributed by atoms with E-state index in [0.717, 1.165) is 77.7 Å². The minimum Gasteiger partial charge on any atom is -0.381 e. The maximum Gasteiger partial charge on any atom is 0.229 e. The molecule has 5 fully saturated rings. The summed E-state index contributed by atoms with van der Waals surface area (Å²) < 4.78 is 5.51. The van der Waals surface area contributed by atoms with Gasteiger partial charge in [0, 0.05) is 44.3 Å². The number of nitrogens with one attached hydrogen (secondary N) is 1. The average molecular weight is 432 g/mol. The van der Waals surface area contributed by atoms with Crippen molar-refractivity contribution in [2.45, 2.75) is 102 Å². The Labute approximate surface area is 187 Å². The highest BCUT2D eigenvalue weighted by atomic mass is 16.5. The molecule has 2 bridgehead atoms. The number of hydrogen-bond donors (Lipinski definition) is 1. The van der Waals surface area contributed by atoms with Crippen LogP contribution in [0.25, 0.3) is 0 Å². The third-order valence-corrected chi connectivity index (χ3v) is 9.26. The molecule has 3 aliphatic heterocycles. The molecule has 0 aromatic carbocycles. The van der Waals surface area contributed by atoms with Crippen LogP contribution in [0, 0.1) is 17.3 Å². The van der Waals surface area contributed by atoms with Crippen LogP contribution in [0.5, 0.6) is 0 Å². The molecule has 3 heterocycles. The lowest BCUT2D eigenvalue weighted by atomic mass is 9.74. The number of hydrogen-bond acceptors (Lipinski definition) is 4. The first-order valence-corrected chi connectivity index (χ1v) is 12.9. The summed E-state index contributed by atoms with van der Waals surface area (Å²) in [5, 5.41) is 3.86. The molecule has 5 aliphatic rings. The molecule has 5 rings (SSSR count). The molecule has 3 saturated heterocycles. The molecule has 0 spiro atoms. The number of rotatable bonds is 5. The van der Waals surface area contributed by atoms with Crippen molar-refractivity contribution in [3.63, 3.8) is 0 Å². The van der Waals surface area contributed by atoms with Gasteiger partial charge in [-0.15, -0.1) is 0 Å². The summed E-state index contributed by atoms with van der Waals surface area (Å²) in [5.41, 5.74) is -0.242. The van der Waals surface area contributed by atoms with E-state index >= 15 is 0 Å². The Kier molecular flexibility index (Phi) is 6.06. The number of likely N-dealkylation sites (tertiary alicyclic amines) is 2. The van der Waals surface area contributed by atoms with Crippen LogP contribution in [0.2, 0.25) is 0 Å². The zero-order valence-corrected chi connectivity index (χ0v) is 19.5. The highest BCUT2D eigenvalue weighted by Gasteiger charge is 2.55. The summed E-state index contributed by atoms with van der Waals surface area (Å²) in [6.45, 7) is 7.70. The summed E-state index contributed by atoms with van der Waals surface area (Å²) in [6, 6.07) is 1.47. The first-order valence-electron chi connectivity index (χ1n) is 12.9. The van der Waals surface area contributed by atoms with Crippen LogP contribution < -0.4 is 5.32 Å². The van der Waals surface area contributed by atoms with E-state index in [9.17, 15) is 9.59 Å². The van der Waals surface area contributed by atoms with Gasteiger partial charge in [-0.25, -0.2) is 0 Å². The van der Waals surface area contributed by atoms with Crippen LogP contribution in [0.1, 0.15) is 78.1 Å². The van der Waals surface area contributed by atoms with E-state index in [0.29, 0.717) is 29.8 Å². The van der Waals surface area contributed by atoms with Gasteiger partial charge < -0.3 is 19.9 Å². The molecule has 6 nitrogen and oxygen atoms in total. The van der Waals surface area contributed by atoms with Crippen molar-refractivity contribution in [1.29, 1.82) is 0 Å². The third-order valence-electron chi connectivity index (χ3n) is 9.26. The third kappa shape index (κ3) is 3.92. The Morgan fingerprint density at radius 2 is 1.61 bits per heavy atom. The van der Waals surface area contributed by atoms with Crippen molar-refractivity contribution < 1.29 is 14.3 Å². The maximum atomic E-state index is 13.9. The fourth-order valence-corrected chi connectivity index (χ4v) is 7.26. The van der Waals surface area contributed by atoms with Gasteiger partial charge in [0.25, 0.3) is 0 Å². The minimum atomic E-state index is -0.242. The maximum absolute atomic E-state index is 13.9. The summed E-state index contributed by atoms with van der Waals surface area (Å²) in [4.78, 5) is 31.2. The number of amides is 2. The second-order valence-corrected chi connectivity index (χ2v) is 11.3. The fraction of sp³-hybridized carbons (Fsp3) is 0.920. The molecular weight excluding hydrogens is 390 g/mol. The molecule has 0 unspecified atom stereocenters. The number of carbonyl (C=O) groups is 2. The van der Waals surface area contributed by atoms with Crippen molar-refractivity contribution >= 4 is 11.8 Å². The van der Waals surface area contributed by atoms with Gasteiger partial charge in [0.15, 0.2) is 0 Å². The van der Waals surface area contributed by atoms with Gasteiger partial charge in [0.2, 0.25) is 11.8 Å². The number of ether oxygens (including phenoxy) is 1. The van der Waals surface area contributed by atoms with E-state index in [4.69, 9.17) is 4.74 Å². The van der Waals surface area contributed by atoms with E-state index in [-0.39, 0.29) is 23.4 Å². The van der Waals surface area contributed by atoms with Gasteiger partial charge in [-0.3, -0.25) is 9.59 Å². The van der Waals surface area contributed by atoms with E-state index in [2.05, 4.69) is 29.0 Å². The highest BCUT2D eigenvalue weighted by Crippen LogP contribution is 2.48. The number of carbonyl (C=O) groups excluding carboxylic acids is 2. The first-order chi connectivity index (χ1) is 15.0. The predicted octanol–water partition coefficient (Wildman–Crippen LogP) is 2.95. The average Bonchev–Trinajstić information content (AvgIpc) is 3.57. The second-order valence-electron chi connectivity index (χ2n) is 11.3. The Balaban J connectivity index is 1.22. The molecule has 31 heavy (non-hydrogen) atoms. The minimum absolute atomic E-state index is 0.237. The normalized spacial score (nSPS) is 36.8. The molecular formula is C25H41N3O3. The van der Waals surface area contributed by atoms with Crippen molar-refractivity contribution in [2.75, 3.05) is 26.3 Å². The van der Waals surface area contributed by atoms with Crippen LogP contribution in [0.15, 0.2) is 0 Å². The Hall–Kier alpha value is -1.14. The Morgan fingerprint density at radius 3 is 2.26 bits per heavy atom. The Bertz CT molecular complexity index is 685. The molecule has 2 amide bonds. The van der Waals surface area contributed by atoms with E-state index in [1.165, 1.54) is 12.8 Å². The zero-order valence-electron chi connectivity index (χ0n) is 19.5. The van der Waals surface area contributed by atoms with E-state index in [1.54, 1.807) is 0 Å². The van der Waals surface area contributed by atoms with Gasteiger partial charge in [0.1, 0.15) is 0 Å². The van der Waals surface area contributed by atoms with Gasteiger partial charge in [-0.2, -0.15) is 0 Å². The zero-order chi connectivity index (χ0) is 21.6. The van der Waals surface area contributed by atoms with Crippen LogP contribution in [-0.4, -0.2) is 72.1 Å². The van der Waals surface area contributed by atoms with Crippen LogP contribution >= 0.6 is 0 Å². The molecule has 2 saturated carbocycles. The molecule has 2 aliphatic carbocycles. The van der Waals surface area contributed by atoms with Gasteiger partial charge >= 0.3 is 0 Å². The van der Waals surface area contributed by atoms with E-state index < -0.39 is 0 Å². The molecule has 1 N–H and O–H groups in total. The SMILES string of the molecule is CC(C)[C@]1(C(=O)N2C[C@@H]3C[C@H]2CN3C(=O)C2CCCC2)CC[C@@H](NC2CCOCC2)C1. The lowest BCUT2D eigenvalue weighted by Crippen LogP contribution is -2.56. The van der Waals surface area contributed by atoms with Gasteiger partial charge in [-0.1, -0.05) is 26.7 Å². The standard InChI is InChI=1S/C25H41N3O3/c1-17(2)25(10-7-20(14-25)26-19-8-11-31-12-9-19)24(30)28-16-21-13-22(28)15-27(21)23(29)18-5-3-4-6-18/h17-22,26H,3-16H2,1-2H3/t20-,21+,22+,25+/m1/s1. The van der Waals surface area contributed by atoms with Crippen LogP contribution in [0.3, 0.4) is 0 Å². The van der Waals surface area contributed by atoms with E-state index in [1.807, 2.05) is 0 Å². The van der Waals surface area contributed by atoms with Gasteiger partial charge in [-0.05, 0) is 57.3 Å². The highest BCUT2D eigenvalue weighted by molar-refractivity contribution is 5.85. The summed E-state index contributed by atoms with van der Waals surface area (Å²) in [7, 11) is 0. The summed E-state index contributed by atoms with van der Waals surface area (Å²) in [6.07, 6.45) is 10.7. The molecule has 0 aromatic heterocycles. The number of piperazine rings is 1. The monoisotopic (exact) mass is 431 g/mol. The molecule has 174 valence electrons. The lowest BCUT2D eigenvalue weighted by molar-refractivity contribution is -0.150.